The van der Waals surface area contributed by atoms with Crippen LogP contribution in [0.4, 0.5) is 4.79 Å². The van der Waals surface area contributed by atoms with Crippen molar-refractivity contribution in [3.63, 3.8) is 0 Å². The molecule has 1 fully saturated rings. The van der Waals surface area contributed by atoms with Gasteiger partial charge in [-0.15, -0.1) is 0 Å². The Morgan fingerprint density at radius 3 is 2.59 bits per heavy atom. The van der Waals surface area contributed by atoms with Gasteiger partial charge < -0.3 is 10.6 Å². The van der Waals surface area contributed by atoms with Crippen molar-refractivity contribution < 1.29 is 4.79 Å². The van der Waals surface area contributed by atoms with Crippen LogP contribution >= 0.6 is 0 Å². The quantitative estimate of drug-likeness (QED) is 0.892. The standard InChI is InChI=1S/C18H25N3O/c1-13(2)16-5-3-4-6-17(16)21-18(22)20-12-15-9-7-14(11-19)8-10-15/h7-10,13,16-17H,3-6,12H2,1-2H3,(H2,20,21,22). The van der Waals surface area contributed by atoms with E-state index in [2.05, 4.69) is 30.6 Å². The summed E-state index contributed by atoms with van der Waals surface area (Å²) in [6, 6.07) is 9.56. The minimum Gasteiger partial charge on any atom is -0.335 e. The predicted molar refractivity (Wildman–Crippen MR) is 87.1 cm³/mol. The largest absolute Gasteiger partial charge is 0.335 e. The third kappa shape index (κ3) is 4.49. The topological polar surface area (TPSA) is 64.9 Å². The normalized spacial score (nSPS) is 21.2. The van der Waals surface area contributed by atoms with E-state index in [0.717, 1.165) is 12.0 Å². The average Bonchev–Trinajstić information content (AvgIpc) is 2.53. The molecule has 0 radical (unpaired) electrons. The number of amides is 2. The molecule has 0 aromatic heterocycles. The van der Waals surface area contributed by atoms with Gasteiger partial charge in [0, 0.05) is 12.6 Å². The van der Waals surface area contributed by atoms with E-state index in [4.69, 9.17) is 5.26 Å². The number of hydrogen-bond donors (Lipinski definition) is 2. The third-order valence-corrected chi connectivity index (χ3v) is 4.53. The van der Waals surface area contributed by atoms with Gasteiger partial charge in [-0.1, -0.05) is 38.8 Å². The summed E-state index contributed by atoms with van der Waals surface area (Å²) in [7, 11) is 0. The van der Waals surface area contributed by atoms with Gasteiger partial charge in [0.2, 0.25) is 0 Å². The molecular weight excluding hydrogens is 274 g/mol. The summed E-state index contributed by atoms with van der Waals surface area (Å²) < 4.78 is 0. The van der Waals surface area contributed by atoms with Crippen molar-refractivity contribution in [2.45, 2.75) is 52.1 Å². The van der Waals surface area contributed by atoms with E-state index in [0.29, 0.717) is 23.9 Å². The molecule has 0 saturated heterocycles. The zero-order chi connectivity index (χ0) is 15.9. The highest BCUT2D eigenvalue weighted by atomic mass is 16.2. The molecule has 0 bridgehead atoms. The van der Waals surface area contributed by atoms with E-state index in [1.807, 2.05) is 12.1 Å². The van der Waals surface area contributed by atoms with E-state index in [1.54, 1.807) is 12.1 Å². The second kappa shape index (κ2) is 7.84. The molecule has 4 nitrogen and oxygen atoms in total. The minimum absolute atomic E-state index is 0.0955. The Hall–Kier alpha value is -2.02. The first-order chi connectivity index (χ1) is 10.6. The van der Waals surface area contributed by atoms with Crippen LogP contribution in [0.25, 0.3) is 0 Å². The van der Waals surface area contributed by atoms with Crippen molar-refractivity contribution in [2.24, 2.45) is 11.8 Å². The number of nitrogens with one attached hydrogen (secondary N) is 2. The highest BCUT2D eigenvalue weighted by molar-refractivity contribution is 5.74. The Kier molecular flexibility index (Phi) is 5.83. The fraction of sp³-hybridized carbons (Fsp3) is 0.556. The first kappa shape index (κ1) is 16.4. The first-order valence-corrected chi connectivity index (χ1v) is 8.13. The van der Waals surface area contributed by atoms with E-state index in [-0.39, 0.29) is 12.1 Å². The maximum atomic E-state index is 12.1. The smallest absolute Gasteiger partial charge is 0.315 e. The maximum absolute atomic E-state index is 12.1. The molecule has 118 valence electrons. The van der Waals surface area contributed by atoms with E-state index in [9.17, 15) is 4.79 Å². The van der Waals surface area contributed by atoms with E-state index < -0.39 is 0 Å². The predicted octanol–water partition coefficient (Wildman–Crippen LogP) is 3.57. The number of benzene rings is 1. The van der Waals surface area contributed by atoms with Crippen LogP contribution in [0.15, 0.2) is 24.3 Å². The third-order valence-electron chi connectivity index (χ3n) is 4.53. The van der Waals surface area contributed by atoms with Crippen LogP contribution in [0.3, 0.4) is 0 Å². The molecule has 2 N–H and O–H groups in total. The van der Waals surface area contributed by atoms with Gasteiger partial charge in [-0.05, 0) is 42.4 Å². The molecule has 2 rings (SSSR count). The van der Waals surface area contributed by atoms with Crippen molar-refractivity contribution >= 4 is 6.03 Å². The number of carbonyl (C=O) groups is 1. The molecule has 1 aromatic rings. The summed E-state index contributed by atoms with van der Waals surface area (Å²) in [5.74, 6) is 1.18. The zero-order valence-corrected chi connectivity index (χ0v) is 13.4. The summed E-state index contributed by atoms with van der Waals surface area (Å²) in [5, 5.41) is 14.8. The number of carbonyl (C=O) groups excluding carboxylic acids is 1. The Morgan fingerprint density at radius 1 is 1.27 bits per heavy atom. The van der Waals surface area contributed by atoms with Crippen LogP contribution in [0.1, 0.15) is 50.7 Å². The van der Waals surface area contributed by atoms with Gasteiger partial charge >= 0.3 is 6.03 Å². The number of urea groups is 1. The summed E-state index contributed by atoms with van der Waals surface area (Å²) in [5.41, 5.74) is 1.63. The van der Waals surface area contributed by atoms with Gasteiger partial charge in [-0.3, -0.25) is 0 Å². The minimum atomic E-state index is -0.0955. The van der Waals surface area contributed by atoms with E-state index in [1.165, 1.54) is 19.3 Å². The first-order valence-electron chi connectivity index (χ1n) is 8.13. The van der Waals surface area contributed by atoms with Crippen molar-refractivity contribution in [1.82, 2.24) is 10.6 Å². The second-order valence-corrected chi connectivity index (χ2v) is 6.43. The molecule has 22 heavy (non-hydrogen) atoms. The molecule has 1 aliphatic carbocycles. The van der Waals surface area contributed by atoms with Gasteiger partial charge in [-0.2, -0.15) is 5.26 Å². The Labute approximate surface area is 132 Å². The van der Waals surface area contributed by atoms with Crippen LogP contribution in [0.5, 0.6) is 0 Å². The van der Waals surface area contributed by atoms with Crippen LogP contribution < -0.4 is 10.6 Å². The monoisotopic (exact) mass is 299 g/mol. The second-order valence-electron chi connectivity index (χ2n) is 6.43. The van der Waals surface area contributed by atoms with Crippen LogP contribution in [-0.4, -0.2) is 12.1 Å². The lowest BCUT2D eigenvalue weighted by atomic mass is 9.78. The maximum Gasteiger partial charge on any atom is 0.315 e. The molecule has 4 heteroatoms. The molecule has 0 spiro atoms. The lowest BCUT2D eigenvalue weighted by Gasteiger charge is -2.34. The van der Waals surface area contributed by atoms with Gasteiger partial charge in [0.1, 0.15) is 0 Å². The van der Waals surface area contributed by atoms with Crippen molar-refractivity contribution in [3.8, 4) is 6.07 Å². The lowest BCUT2D eigenvalue weighted by Crippen LogP contribution is -2.47. The van der Waals surface area contributed by atoms with Gasteiger partial charge in [-0.25, -0.2) is 4.79 Å². The Bertz CT molecular complexity index is 530. The highest BCUT2D eigenvalue weighted by Gasteiger charge is 2.28. The average molecular weight is 299 g/mol. The van der Waals surface area contributed by atoms with Gasteiger partial charge in [0.25, 0.3) is 0 Å². The van der Waals surface area contributed by atoms with Crippen molar-refractivity contribution in [2.75, 3.05) is 0 Å². The molecule has 2 amide bonds. The number of nitriles is 1. The van der Waals surface area contributed by atoms with Crippen molar-refractivity contribution in [1.29, 1.82) is 5.26 Å². The number of nitrogens with zero attached hydrogens (tertiary/aromatic N) is 1. The highest BCUT2D eigenvalue weighted by Crippen LogP contribution is 2.30. The lowest BCUT2D eigenvalue weighted by molar-refractivity contribution is 0.194. The molecule has 1 aliphatic rings. The zero-order valence-electron chi connectivity index (χ0n) is 13.4. The van der Waals surface area contributed by atoms with Crippen LogP contribution in [-0.2, 0) is 6.54 Å². The Morgan fingerprint density at radius 2 is 1.95 bits per heavy atom. The molecule has 0 heterocycles. The number of hydrogen-bond acceptors (Lipinski definition) is 2. The molecule has 0 aliphatic heterocycles. The van der Waals surface area contributed by atoms with Gasteiger partial charge in [0.05, 0.1) is 11.6 Å². The fourth-order valence-electron chi connectivity index (χ4n) is 3.24. The fourth-order valence-corrected chi connectivity index (χ4v) is 3.24. The summed E-state index contributed by atoms with van der Waals surface area (Å²) >= 11 is 0. The van der Waals surface area contributed by atoms with Crippen LogP contribution in [0, 0.1) is 23.2 Å². The van der Waals surface area contributed by atoms with Crippen molar-refractivity contribution in [3.05, 3.63) is 35.4 Å². The molecular formula is C18H25N3O. The molecule has 2 atom stereocenters. The summed E-state index contributed by atoms with van der Waals surface area (Å²) in [6.45, 7) is 4.95. The summed E-state index contributed by atoms with van der Waals surface area (Å²) in [4.78, 5) is 12.1. The SMILES string of the molecule is CC(C)C1CCCCC1NC(=O)NCc1ccc(C#N)cc1. The molecule has 1 saturated carbocycles. The van der Waals surface area contributed by atoms with Gasteiger partial charge in [0.15, 0.2) is 0 Å². The molecule has 1 aromatic carbocycles. The molecule has 2 unspecified atom stereocenters. The Balaban J connectivity index is 1.82. The summed E-state index contributed by atoms with van der Waals surface area (Å²) in [6.07, 6.45) is 4.75. The van der Waals surface area contributed by atoms with E-state index >= 15 is 0 Å². The van der Waals surface area contributed by atoms with Crippen LogP contribution in [0.2, 0.25) is 0 Å². The number of rotatable bonds is 4.